The zero-order valence-corrected chi connectivity index (χ0v) is 7.06. The van der Waals surface area contributed by atoms with Crippen LogP contribution >= 0.6 is 0 Å². The summed E-state index contributed by atoms with van der Waals surface area (Å²) in [6, 6.07) is 0. The van der Waals surface area contributed by atoms with Crippen LogP contribution in [0.2, 0.25) is 0 Å². The third-order valence-electron chi connectivity index (χ3n) is 1.12. The van der Waals surface area contributed by atoms with E-state index in [-0.39, 0.29) is 29.6 Å². The number of nitrogens with zero attached hydrogens (tertiary/aromatic N) is 6. The first-order valence-electron chi connectivity index (χ1n) is 2.34. The molecule has 0 N–H and O–H groups in total. The Morgan fingerprint density at radius 3 is 0.643 bits per heavy atom. The molecule has 0 amide bonds. The van der Waals surface area contributed by atoms with Crippen LogP contribution in [-0.2, 0) is 10.5 Å². The SMILES string of the molecule is N#[C][Co]([C]#N)([C]#N)([C]#N)([C]#N)[C]#N.[NaH]. The van der Waals surface area contributed by atoms with E-state index in [0.717, 1.165) is 30.0 Å². The summed E-state index contributed by atoms with van der Waals surface area (Å²) in [6.07, 6.45) is 0. The second kappa shape index (κ2) is 3.30. The fourth-order valence-corrected chi connectivity index (χ4v) is 1.03. The molecule has 0 heterocycles. The van der Waals surface area contributed by atoms with Gasteiger partial charge in [0.25, 0.3) is 0 Å². The van der Waals surface area contributed by atoms with Crippen LogP contribution in [0.15, 0.2) is 0 Å². The van der Waals surface area contributed by atoms with Crippen LogP contribution in [-0.4, -0.2) is 29.6 Å². The molecule has 0 saturated heterocycles. The summed E-state index contributed by atoms with van der Waals surface area (Å²) in [6.45, 7) is 0. The number of nitriles is 6. The molecule has 0 aromatic heterocycles. The van der Waals surface area contributed by atoms with Gasteiger partial charge in [-0.25, -0.2) is 0 Å². The van der Waals surface area contributed by atoms with Crippen LogP contribution in [0.3, 0.4) is 0 Å². The molecule has 0 aliphatic carbocycles. The summed E-state index contributed by atoms with van der Waals surface area (Å²) in [5.74, 6) is 0. The van der Waals surface area contributed by atoms with Crippen molar-refractivity contribution in [1.29, 1.82) is 31.6 Å². The topological polar surface area (TPSA) is 143 Å². The first-order chi connectivity index (χ1) is 5.97. The molecule has 14 heavy (non-hydrogen) atoms. The van der Waals surface area contributed by atoms with E-state index in [2.05, 4.69) is 0 Å². The third-order valence-corrected chi connectivity index (χ3v) is 4.61. The van der Waals surface area contributed by atoms with Crippen molar-refractivity contribution in [1.82, 2.24) is 0 Å². The van der Waals surface area contributed by atoms with Crippen molar-refractivity contribution >= 4 is 29.6 Å². The van der Waals surface area contributed by atoms with E-state index >= 15 is 0 Å². The first kappa shape index (κ1) is 14.9. The quantitative estimate of drug-likeness (QED) is 0.518. The molecule has 65 valence electrons. The molecular formula is C6HCoN6Na. The van der Waals surface area contributed by atoms with E-state index in [1.807, 2.05) is 0 Å². The molecule has 0 aromatic rings. The Hall–Kier alpha value is -1.55. The minimum absolute atomic E-state index is 0. The molecule has 0 saturated carbocycles. The van der Waals surface area contributed by atoms with Crippen molar-refractivity contribution in [3.8, 4) is 30.0 Å². The molecule has 8 heteroatoms. The molecule has 0 unspecified atom stereocenters. The van der Waals surface area contributed by atoms with Crippen LogP contribution in [0, 0.1) is 61.6 Å². The standard InChI is InChI=1S/6CN.Co.Na.H/c6*1-2;;;. The van der Waals surface area contributed by atoms with E-state index in [1.54, 1.807) is 0 Å². The van der Waals surface area contributed by atoms with E-state index in [1.165, 1.54) is 0 Å². The second-order valence-electron chi connectivity index (χ2n) is 1.70. The van der Waals surface area contributed by atoms with Crippen molar-refractivity contribution in [2.75, 3.05) is 0 Å². The summed E-state index contributed by atoms with van der Waals surface area (Å²) in [7, 11) is -6.03. The van der Waals surface area contributed by atoms with Gasteiger partial charge in [-0.1, -0.05) is 0 Å². The van der Waals surface area contributed by atoms with Gasteiger partial charge in [-0.3, -0.25) is 0 Å². The predicted octanol–water partition coefficient (Wildman–Crippen LogP) is -0.550. The third kappa shape index (κ3) is 1.15. The second-order valence-corrected chi connectivity index (χ2v) is 7.00. The van der Waals surface area contributed by atoms with Gasteiger partial charge in [-0.15, -0.1) is 0 Å². The maximum atomic E-state index is 8.58. The van der Waals surface area contributed by atoms with Gasteiger partial charge in [0.15, 0.2) is 0 Å². The zero-order chi connectivity index (χ0) is 10.7. The molecule has 0 atom stereocenters. The molecule has 0 aliphatic heterocycles. The van der Waals surface area contributed by atoms with Crippen molar-refractivity contribution in [2.24, 2.45) is 0 Å². The van der Waals surface area contributed by atoms with Gasteiger partial charge in [0.2, 0.25) is 0 Å². The Balaban J connectivity index is 0. The van der Waals surface area contributed by atoms with Gasteiger partial charge in [-0.05, 0) is 0 Å². The van der Waals surface area contributed by atoms with Crippen molar-refractivity contribution in [2.45, 2.75) is 0 Å². The Bertz CT molecular complexity index is 392. The Kier molecular flexibility index (Phi) is 3.53. The van der Waals surface area contributed by atoms with Crippen molar-refractivity contribution < 1.29 is 10.5 Å². The normalized spacial score (nSPS) is 12.4. The van der Waals surface area contributed by atoms with Gasteiger partial charge in [0.1, 0.15) is 0 Å². The Morgan fingerprint density at radius 1 is 0.500 bits per heavy atom. The van der Waals surface area contributed by atoms with E-state index in [4.69, 9.17) is 31.6 Å². The van der Waals surface area contributed by atoms with Crippen molar-refractivity contribution in [3.05, 3.63) is 0 Å². The molecule has 0 rings (SSSR count). The number of rotatable bonds is 0. The molecule has 6 nitrogen and oxygen atoms in total. The molecule has 0 aliphatic rings. The molecule has 0 bridgehead atoms. The summed E-state index contributed by atoms with van der Waals surface area (Å²) in [5.41, 5.74) is 0. The number of hydrogen-bond acceptors (Lipinski definition) is 6. The average Bonchev–Trinajstić information content (AvgIpc) is 2.26. The van der Waals surface area contributed by atoms with Crippen LogP contribution in [0.1, 0.15) is 0 Å². The number of hydrogen-bond donors (Lipinski definition) is 0. The zero-order valence-electron chi connectivity index (χ0n) is 6.02. The van der Waals surface area contributed by atoms with Crippen LogP contribution in [0.25, 0.3) is 0 Å². The van der Waals surface area contributed by atoms with E-state index in [0.29, 0.717) is 0 Å². The fourth-order valence-electron chi connectivity index (χ4n) is 0.250. The van der Waals surface area contributed by atoms with Crippen LogP contribution < -0.4 is 0 Å². The summed E-state index contributed by atoms with van der Waals surface area (Å²) >= 11 is 0. The predicted molar refractivity (Wildman–Crippen MR) is 40.8 cm³/mol. The molecule has 0 radical (unpaired) electrons. The minimum atomic E-state index is -6.03. The van der Waals surface area contributed by atoms with E-state index < -0.39 is 10.5 Å². The fraction of sp³-hybridized carbons (Fsp3) is 0. The van der Waals surface area contributed by atoms with Gasteiger partial charge in [0.05, 0.1) is 0 Å². The average molecular weight is 239 g/mol. The summed E-state index contributed by atoms with van der Waals surface area (Å²) in [5, 5.41) is 57.6. The van der Waals surface area contributed by atoms with Crippen LogP contribution in [0.4, 0.5) is 0 Å². The van der Waals surface area contributed by atoms with E-state index in [9.17, 15) is 0 Å². The molecule has 0 aromatic carbocycles. The Morgan fingerprint density at radius 2 is 0.643 bits per heavy atom. The molecule has 0 fully saturated rings. The van der Waals surface area contributed by atoms with Gasteiger partial charge < -0.3 is 0 Å². The molecule has 0 spiro atoms. The monoisotopic (exact) mass is 239 g/mol. The first-order valence-corrected chi connectivity index (χ1v) is 5.46. The molecular weight excluding hydrogens is 238 g/mol. The maximum absolute atomic E-state index is 8.58. The van der Waals surface area contributed by atoms with Gasteiger partial charge in [-0.2, -0.15) is 0 Å². The summed E-state index contributed by atoms with van der Waals surface area (Å²) in [4.78, 5) is 0. The van der Waals surface area contributed by atoms with Crippen LogP contribution in [0.5, 0.6) is 0 Å². The Labute approximate surface area is 101 Å². The van der Waals surface area contributed by atoms with Gasteiger partial charge >= 0.3 is 102 Å². The summed E-state index contributed by atoms with van der Waals surface area (Å²) < 4.78 is 0. The van der Waals surface area contributed by atoms with Crippen molar-refractivity contribution in [3.63, 3.8) is 0 Å². The van der Waals surface area contributed by atoms with Gasteiger partial charge in [0, 0.05) is 0 Å².